The van der Waals surface area contributed by atoms with E-state index in [1.807, 2.05) is 6.92 Å². The summed E-state index contributed by atoms with van der Waals surface area (Å²) in [5.74, 6) is -0.119. The number of aromatic nitrogens is 2. The fraction of sp³-hybridized carbons (Fsp3) is 0.385. The number of H-pyrrole nitrogens is 1. The number of aliphatic carboxylic acids is 1. The zero-order valence-corrected chi connectivity index (χ0v) is 9.97. The van der Waals surface area contributed by atoms with Crippen LogP contribution in [-0.4, -0.2) is 26.2 Å². The third-order valence-corrected chi connectivity index (χ3v) is 3.68. The highest BCUT2D eigenvalue weighted by molar-refractivity contribution is 5.80. The minimum atomic E-state index is -0.983. The van der Waals surface area contributed by atoms with E-state index >= 15 is 0 Å². The van der Waals surface area contributed by atoms with E-state index in [-0.39, 0.29) is 0 Å². The lowest BCUT2D eigenvalue weighted by Crippen LogP contribution is -2.23. The third-order valence-electron chi connectivity index (χ3n) is 3.68. The number of aryl methyl sites for hydroxylation is 1. The Morgan fingerprint density at radius 3 is 2.83 bits per heavy atom. The molecule has 0 spiro atoms. The lowest BCUT2D eigenvalue weighted by molar-refractivity contribution is -0.148. The quantitative estimate of drug-likeness (QED) is 0.770. The zero-order chi connectivity index (χ0) is 12.9. The Hall–Kier alpha value is -1.88. The summed E-state index contributed by atoms with van der Waals surface area (Å²) in [6, 6.07) is 5.33. The molecule has 1 aliphatic rings. The number of nitrogens with one attached hydrogen (secondary N) is 1. The smallest absolute Gasteiger partial charge is 0.312 e. The van der Waals surface area contributed by atoms with Crippen molar-refractivity contribution in [3.8, 4) is 0 Å². The first-order valence-electron chi connectivity index (χ1n) is 5.91. The van der Waals surface area contributed by atoms with Crippen molar-refractivity contribution in [2.75, 3.05) is 0 Å². The van der Waals surface area contributed by atoms with Gasteiger partial charge in [-0.05, 0) is 37.5 Å². The number of carboxylic acids is 1. The van der Waals surface area contributed by atoms with Crippen LogP contribution in [0, 0.1) is 12.3 Å². The van der Waals surface area contributed by atoms with Crippen LogP contribution >= 0.6 is 0 Å². The van der Waals surface area contributed by atoms with Crippen molar-refractivity contribution in [3.05, 3.63) is 29.6 Å². The number of hydrogen-bond donors (Lipinski definition) is 3. The normalized spacial score (nSPS) is 18.8. The van der Waals surface area contributed by atoms with Crippen LogP contribution in [0.15, 0.2) is 18.2 Å². The number of aliphatic hydroxyl groups excluding tert-OH is 1. The molecule has 0 aliphatic heterocycles. The van der Waals surface area contributed by atoms with Crippen LogP contribution in [-0.2, 0) is 4.79 Å². The van der Waals surface area contributed by atoms with Gasteiger partial charge in [-0.1, -0.05) is 6.07 Å². The highest BCUT2D eigenvalue weighted by Gasteiger charge is 2.56. The van der Waals surface area contributed by atoms with Gasteiger partial charge >= 0.3 is 5.97 Å². The molecule has 5 heteroatoms. The number of fused-ring (bicyclic) bond motifs is 1. The second-order valence-corrected chi connectivity index (χ2v) is 4.96. The summed E-state index contributed by atoms with van der Waals surface area (Å²) in [5, 5.41) is 19.4. The summed E-state index contributed by atoms with van der Waals surface area (Å²) in [6.45, 7) is 1.86. The van der Waals surface area contributed by atoms with Gasteiger partial charge in [-0.15, -0.1) is 0 Å². The molecule has 1 unspecified atom stereocenters. The number of nitrogens with zero attached hydrogens (tertiary/aromatic N) is 1. The number of aromatic amines is 1. The van der Waals surface area contributed by atoms with Crippen LogP contribution in [0.2, 0.25) is 0 Å². The van der Waals surface area contributed by atoms with Crippen LogP contribution in [0.3, 0.4) is 0 Å². The van der Waals surface area contributed by atoms with Gasteiger partial charge in [0.25, 0.3) is 0 Å². The average Bonchev–Trinajstić information content (AvgIpc) is 3.05. The number of hydrogen-bond acceptors (Lipinski definition) is 3. The minimum Gasteiger partial charge on any atom is -0.481 e. The van der Waals surface area contributed by atoms with Gasteiger partial charge in [0.15, 0.2) is 0 Å². The monoisotopic (exact) mass is 246 g/mol. The van der Waals surface area contributed by atoms with Crippen LogP contribution in [0.25, 0.3) is 11.0 Å². The molecule has 3 N–H and O–H groups in total. The molecule has 1 aromatic heterocycles. The van der Waals surface area contributed by atoms with Crippen LogP contribution < -0.4 is 0 Å². The van der Waals surface area contributed by atoms with Crippen molar-refractivity contribution < 1.29 is 15.0 Å². The molecule has 1 saturated carbocycles. The first-order chi connectivity index (χ1) is 8.53. The van der Waals surface area contributed by atoms with Gasteiger partial charge in [-0.2, -0.15) is 0 Å². The van der Waals surface area contributed by atoms with E-state index in [1.54, 1.807) is 18.2 Å². The van der Waals surface area contributed by atoms with Gasteiger partial charge in [0, 0.05) is 0 Å². The van der Waals surface area contributed by atoms with Crippen LogP contribution in [0.5, 0.6) is 0 Å². The van der Waals surface area contributed by atoms with Crippen LogP contribution in [0.1, 0.15) is 30.3 Å². The molecule has 2 aromatic rings. The van der Waals surface area contributed by atoms with E-state index in [2.05, 4.69) is 9.97 Å². The number of rotatable bonds is 3. The maximum absolute atomic E-state index is 11.2. The molecular formula is C13H14N2O3. The summed E-state index contributed by atoms with van der Waals surface area (Å²) in [4.78, 5) is 18.5. The number of carboxylic acid groups (broad SMARTS) is 1. The first kappa shape index (κ1) is 11.2. The van der Waals surface area contributed by atoms with E-state index in [0.717, 1.165) is 16.9 Å². The lowest BCUT2D eigenvalue weighted by Gasteiger charge is -2.18. The van der Waals surface area contributed by atoms with Crippen molar-refractivity contribution >= 4 is 17.0 Å². The fourth-order valence-corrected chi connectivity index (χ4v) is 2.38. The van der Waals surface area contributed by atoms with E-state index in [4.69, 9.17) is 0 Å². The molecular weight excluding hydrogens is 232 g/mol. The first-order valence-corrected chi connectivity index (χ1v) is 5.91. The van der Waals surface area contributed by atoms with Crippen molar-refractivity contribution in [2.45, 2.75) is 25.9 Å². The lowest BCUT2D eigenvalue weighted by atomic mass is 9.93. The molecule has 0 saturated heterocycles. The van der Waals surface area contributed by atoms with Gasteiger partial charge in [-0.3, -0.25) is 4.79 Å². The topological polar surface area (TPSA) is 86.2 Å². The standard InChI is InChI=1S/C13H14N2O3/c1-7-14-9-3-2-8(6-10(9)15-7)11(16)13(4-5-13)12(17)18/h2-3,6,11,16H,4-5H2,1H3,(H,14,15)(H,17,18). The van der Waals surface area contributed by atoms with Crippen molar-refractivity contribution in [1.29, 1.82) is 0 Å². The Bertz CT molecular complexity index is 628. The molecule has 1 atom stereocenters. The Morgan fingerprint density at radius 2 is 2.22 bits per heavy atom. The van der Waals surface area contributed by atoms with Crippen molar-refractivity contribution in [1.82, 2.24) is 9.97 Å². The second-order valence-electron chi connectivity index (χ2n) is 4.96. The largest absolute Gasteiger partial charge is 0.481 e. The molecule has 0 amide bonds. The summed E-state index contributed by atoms with van der Waals surface area (Å²) in [6.07, 6.45) is 0.107. The Labute approximate surface area is 103 Å². The molecule has 0 bridgehead atoms. The maximum Gasteiger partial charge on any atom is 0.312 e. The van der Waals surface area contributed by atoms with E-state index < -0.39 is 17.5 Å². The molecule has 3 rings (SSSR count). The molecule has 5 nitrogen and oxygen atoms in total. The van der Waals surface area contributed by atoms with Gasteiger partial charge < -0.3 is 15.2 Å². The van der Waals surface area contributed by atoms with E-state index in [0.29, 0.717) is 18.4 Å². The molecule has 1 heterocycles. The highest BCUT2D eigenvalue weighted by atomic mass is 16.4. The molecule has 18 heavy (non-hydrogen) atoms. The Morgan fingerprint density at radius 1 is 1.50 bits per heavy atom. The Kier molecular flexibility index (Phi) is 2.22. The Balaban J connectivity index is 2.01. The maximum atomic E-state index is 11.2. The summed E-state index contributed by atoms with van der Waals surface area (Å²) in [7, 11) is 0. The van der Waals surface area contributed by atoms with Gasteiger partial charge in [0.1, 0.15) is 5.82 Å². The number of imidazole rings is 1. The van der Waals surface area contributed by atoms with Crippen molar-refractivity contribution in [3.63, 3.8) is 0 Å². The summed E-state index contributed by atoms with van der Waals surface area (Å²) in [5.41, 5.74) is 1.29. The fourth-order valence-electron chi connectivity index (χ4n) is 2.38. The number of benzene rings is 1. The minimum absolute atomic E-state index is 0.531. The van der Waals surface area contributed by atoms with Gasteiger partial charge in [0.05, 0.1) is 22.6 Å². The SMILES string of the molecule is Cc1nc2ccc(C(O)C3(C(=O)O)CC3)cc2[nH]1. The number of aliphatic hydroxyl groups is 1. The predicted molar refractivity (Wildman–Crippen MR) is 65.1 cm³/mol. The number of carbonyl (C=O) groups is 1. The van der Waals surface area contributed by atoms with E-state index in [1.165, 1.54) is 0 Å². The third kappa shape index (κ3) is 1.51. The molecule has 1 fully saturated rings. The molecule has 94 valence electrons. The van der Waals surface area contributed by atoms with Crippen molar-refractivity contribution in [2.24, 2.45) is 5.41 Å². The molecule has 0 radical (unpaired) electrons. The average molecular weight is 246 g/mol. The highest BCUT2D eigenvalue weighted by Crippen LogP contribution is 2.55. The van der Waals surface area contributed by atoms with E-state index in [9.17, 15) is 15.0 Å². The van der Waals surface area contributed by atoms with Crippen LogP contribution in [0.4, 0.5) is 0 Å². The zero-order valence-electron chi connectivity index (χ0n) is 9.97. The summed E-state index contributed by atoms with van der Waals surface area (Å²) >= 11 is 0. The molecule has 1 aliphatic carbocycles. The van der Waals surface area contributed by atoms with Gasteiger partial charge in [-0.25, -0.2) is 4.98 Å². The second kappa shape index (κ2) is 3.55. The van der Waals surface area contributed by atoms with Gasteiger partial charge in [0.2, 0.25) is 0 Å². The molecule has 1 aromatic carbocycles. The predicted octanol–water partition coefficient (Wildman–Crippen LogP) is 1.77. The summed E-state index contributed by atoms with van der Waals surface area (Å²) < 4.78 is 0.